The second-order valence-corrected chi connectivity index (χ2v) is 5.86. The van der Waals surface area contributed by atoms with E-state index in [4.69, 9.17) is 5.73 Å². The lowest BCUT2D eigenvalue weighted by molar-refractivity contribution is -0.134. The Bertz CT molecular complexity index is 249. The van der Waals surface area contributed by atoms with Crippen LogP contribution in [-0.4, -0.2) is 29.4 Å². The second-order valence-electron chi connectivity index (χ2n) is 5.86. The maximum Gasteiger partial charge on any atom is 0.240 e. The van der Waals surface area contributed by atoms with E-state index in [2.05, 4.69) is 27.7 Å². The van der Waals surface area contributed by atoms with E-state index in [0.717, 1.165) is 32.2 Å². The fourth-order valence-corrected chi connectivity index (χ4v) is 1.95. The molecule has 1 rings (SSSR count). The second kappa shape index (κ2) is 6.39. The number of carbonyl (C=O) groups excluding carboxylic acids is 1. The molecule has 0 heterocycles. The number of amides is 1. The largest absolute Gasteiger partial charge is 0.338 e. The van der Waals surface area contributed by atoms with Crippen molar-refractivity contribution in [2.75, 3.05) is 6.54 Å². The predicted molar refractivity (Wildman–Crippen MR) is 71.6 cm³/mol. The van der Waals surface area contributed by atoms with Crippen LogP contribution in [0.15, 0.2) is 0 Å². The minimum Gasteiger partial charge on any atom is -0.338 e. The van der Waals surface area contributed by atoms with Crippen LogP contribution in [0.3, 0.4) is 0 Å². The van der Waals surface area contributed by atoms with Gasteiger partial charge in [-0.2, -0.15) is 0 Å². The van der Waals surface area contributed by atoms with Crippen LogP contribution in [0.2, 0.25) is 0 Å². The van der Waals surface area contributed by atoms with E-state index < -0.39 is 0 Å². The van der Waals surface area contributed by atoms with Crippen LogP contribution in [0.5, 0.6) is 0 Å². The first-order chi connectivity index (χ1) is 7.97. The highest BCUT2D eigenvalue weighted by atomic mass is 16.2. The van der Waals surface area contributed by atoms with E-state index in [9.17, 15) is 4.79 Å². The molecule has 1 aliphatic carbocycles. The Balaban J connectivity index is 2.54. The molecule has 3 heteroatoms. The Hall–Kier alpha value is -0.570. The fourth-order valence-electron chi connectivity index (χ4n) is 1.95. The van der Waals surface area contributed by atoms with Crippen molar-refractivity contribution in [3.05, 3.63) is 0 Å². The smallest absolute Gasteiger partial charge is 0.240 e. The quantitative estimate of drug-likeness (QED) is 0.742. The highest BCUT2D eigenvalue weighted by Gasteiger charge is 2.35. The molecule has 1 saturated carbocycles. The van der Waals surface area contributed by atoms with Gasteiger partial charge in [0.1, 0.15) is 0 Å². The van der Waals surface area contributed by atoms with Gasteiger partial charge >= 0.3 is 0 Å². The lowest BCUT2D eigenvalue weighted by Crippen LogP contribution is -2.48. The number of nitrogens with zero attached hydrogens (tertiary/aromatic N) is 1. The van der Waals surface area contributed by atoms with Crippen molar-refractivity contribution in [1.29, 1.82) is 0 Å². The molecule has 17 heavy (non-hydrogen) atoms. The van der Waals surface area contributed by atoms with Gasteiger partial charge in [0.15, 0.2) is 0 Å². The number of carbonyl (C=O) groups is 1. The minimum absolute atomic E-state index is 0.169. The van der Waals surface area contributed by atoms with E-state index >= 15 is 0 Å². The van der Waals surface area contributed by atoms with Crippen molar-refractivity contribution in [2.24, 2.45) is 17.6 Å². The van der Waals surface area contributed by atoms with Crippen LogP contribution in [0, 0.1) is 11.8 Å². The van der Waals surface area contributed by atoms with E-state index in [1.54, 1.807) is 0 Å². The lowest BCUT2D eigenvalue weighted by atomic mass is 9.98. The molecule has 1 amide bonds. The van der Waals surface area contributed by atoms with Crippen molar-refractivity contribution < 1.29 is 4.79 Å². The van der Waals surface area contributed by atoms with Crippen LogP contribution in [0.4, 0.5) is 0 Å². The van der Waals surface area contributed by atoms with Gasteiger partial charge < -0.3 is 10.6 Å². The maximum absolute atomic E-state index is 12.3. The topological polar surface area (TPSA) is 46.3 Å². The molecule has 0 aromatic rings. The van der Waals surface area contributed by atoms with Crippen molar-refractivity contribution in [3.8, 4) is 0 Å². The summed E-state index contributed by atoms with van der Waals surface area (Å²) >= 11 is 0. The van der Waals surface area contributed by atoms with Crippen molar-refractivity contribution in [3.63, 3.8) is 0 Å². The third-order valence-electron chi connectivity index (χ3n) is 3.76. The van der Waals surface area contributed by atoms with Crippen LogP contribution >= 0.6 is 0 Å². The summed E-state index contributed by atoms with van der Waals surface area (Å²) in [7, 11) is 0. The Kier molecular flexibility index (Phi) is 5.44. The zero-order chi connectivity index (χ0) is 13.0. The fraction of sp³-hybridized carbons (Fsp3) is 0.929. The Labute approximate surface area is 106 Å². The van der Waals surface area contributed by atoms with Gasteiger partial charge in [-0.1, -0.05) is 34.1 Å². The molecule has 1 aliphatic rings. The Morgan fingerprint density at radius 2 is 1.94 bits per heavy atom. The summed E-state index contributed by atoms with van der Waals surface area (Å²) in [5, 5.41) is 0. The molecule has 100 valence electrons. The molecule has 0 aliphatic heterocycles. The van der Waals surface area contributed by atoms with Crippen LogP contribution < -0.4 is 5.73 Å². The van der Waals surface area contributed by atoms with Crippen LogP contribution in [0.1, 0.15) is 53.4 Å². The Morgan fingerprint density at radius 3 is 2.35 bits per heavy atom. The first-order valence-corrected chi connectivity index (χ1v) is 7.03. The average molecular weight is 240 g/mol. The van der Waals surface area contributed by atoms with Crippen molar-refractivity contribution >= 4 is 5.91 Å². The summed E-state index contributed by atoms with van der Waals surface area (Å²) < 4.78 is 0. The minimum atomic E-state index is -0.312. The summed E-state index contributed by atoms with van der Waals surface area (Å²) in [6.07, 6.45) is 4.37. The van der Waals surface area contributed by atoms with Gasteiger partial charge in [-0.3, -0.25) is 4.79 Å². The summed E-state index contributed by atoms with van der Waals surface area (Å²) in [5.41, 5.74) is 6.05. The summed E-state index contributed by atoms with van der Waals surface area (Å²) in [6.45, 7) is 9.43. The molecule has 0 spiro atoms. The van der Waals surface area contributed by atoms with Gasteiger partial charge in [0.05, 0.1) is 6.04 Å². The third kappa shape index (κ3) is 4.30. The highest BCUT2D eigenvalue weighted by molar-refractivity contribution is 5.82. The number of nitrogens with two attached hydrogens (primary N) is 1. The van der Waals surface area contributed by atoms with Gasteiger partial charge in [0.2, 0.25) is 5.91 Å². The predicted octanol–water partition coefficient (Wildman–Crippen LogP) is 2.40. The van der Waals surface area contributed by atoms with Gasteiger partial charge in [-0.15, -0.1) is 0 Å². The van der Waals surface area contributed by atoms with Gasteiger partial charge in [-0.25, -0.2) is 0 Å². The van der Waals surface area contributed by atoms with Gasteiger partial charge in [-0.05, 0) is 31.1 Å². The van der Waals surface area contributed by atoms with Crippen molar-refractivity contribution in [1.82, 2.24) is 4.90 Å². The van der Waals surface area contributed by atoms with Gasteiger partial charge in [0, 0.05) is 12.6 Å². The number of hydrogen-bond acceptors (Lipinski definition) is 2. The Morgan fingerprint density at radius 1 is 1.35 bits per heavy atom. The molecule has 0 saturated heterocycles. The lowest BCUT2D eigenvalue weighted by Gasteiger charge is -2.28. The number of hydrogen-bond donors (Lipinski definition) is 1. The summed E-state index contributed by atoms with van der Waals surface area (Å²) in [4.78, 5) is 14.4. The summed E-state index contributed by atoms with van der Waals surface area (Å²) in [5.74, 6) is 1.09. The zero-order valence-corrected chi connectivity index (χ0v) is 11.8. The SMILES string of the molecule is CCC(C)[C@H](N)C(=O)N(CCC(C)C)C1CC1. The van der Waals surface area contributed by atoms with Gasteiger partial charge in [0.25, 0.3) is 0 Å². The maximum atomic E-state index is 12.3. The third-order valence-corrected chi connectivity index (χ3v) is 3.76. The normalized spacial score (nSPS) is 19.2. The molecule has 0 bridgehead atoms. The zero-order valence-electron chi connectivity index (χ0n) is 11.8. The highest BCUT2D eigenvalue weighted by Crippen LogP contribution is 2.28. The molecule has 0 aromatic carbocycles. The van der Waals surface area contributed by atoms with E-state index in [0.29, 0.717) is 12.0 Å². The standard InChI is InChI=1S/C14H28N2O/c1-5-11(4)13(15)14(17)16(12-6-7-12)9-8-10(2)3/h10-13H,5-9,15H2,1-4H3/t11?,13-/m0/s1. The molecular weight excluding hydrogens is 212 g/mol. The van der Waals surface area contributed by atoms with Crippen molar-refractivity contribution in [2.45, 2.75) is 65.5 Å². The molecule has 3 nitrogen and oxygen atoms in total. The van der Waals surface area contributed by atoms with E-state index in [1.165, 1.54) is 0 Å². The first-order valence-electron chi connectivity index (χ1n) is 7.03. The average Bonchev–Trinajstić information content (AvgIpc) is 3.10. The molecule has 1 fully saturated rings. The molecule has 0 radical (unpaired) electrons. The van der Waals surface area contributed by atoms with E-state index in [-0.39, 0.29) is 17.9 Å². The molecule has 2 atom stereocenters. The van der Waals surface area contributed by atoms with E-state index in [1.807, 2.05) is 4.90 Å². The molecule has 2 N–H and O–H groups in total. The first kappa shape index (κ1) is 14.5. The van der Waals surface area contributed by atoms with Crippen LogP contribution in [0.25, 0.3) is 0 Å². The molecule has 1 unspecified atom stereocenters. The summed E-state index contributed by atoms with van der Waals surface area (Å²) in [6, 6.07) is 0.170. The van der Waals surface area contributed by atoms with Crippen LogP contribution in [-0.2, 0) is 4.79 Å². The number of rotatable bonds is 7. The molecule has 0 aromatic heterocycles. The molecular formula is C14H28N2O. The monoisotopic (exact) mass is 240 g/mol.